The highest BCUT2D eigenvalue weighted by molar-refractivity contribution is 9.09. The number of rotatable bonds is 7. The van der Waals surface area contributed by atoms with Gasteiger partial charge in [0.05, 0.1) is 0 Å². The van der Waals surface area contributed by atoms with Crippen molar-refractivity contribution in [2.45, 2.75) is 31.0 Å². The molecule has 0 spiro atoms. The maximum atomic E-state index is 3.58. The van der Waals surface area contributed by atoms with E-state index in [0.717, 1.165) is 6.54 Å². The molecular weight excluding hydrogens is 262 g/mol. The number of hydrogen-bond donors (Lipinski definition) is 0. The summed E-state index contributed by atoms with van der Waals surface area (Å²) in [4.78, 5) is 2.98. The van der Waals surface area contributed by atoms with E-state index in [0.29, 0.717) is 4.83 Å². The van der Waals surface area contributed by atoms with E-state index >= 15 is 0 Å². The quantitative estimate of drug-likeness (QED) is 0.545. The molecule has 90 valence electrons. The number of alkyl halides is 1. The summed E-state index contributed by atoms with van der Waals surface area (Å²) >= 11 is 3.58. The van der Waals surface area contributed by atoms with Gasteiger partial charge in [-0.3, -0.25) is 0 Å². The Morgan fingerprint density at radius 3 is 2.50 bits per heavy atom. The van der Waals surface area contributed by atoms with Crippen molar-refractivity contribution in [3.8, 4) is 0 Å². The second-order valence-corrected chi connectivity index (χ2v) is 6.05. The first-order valence-electron chi connectivity index (χ1n) is 6.05. The Kier molecular flexibility index (Phi) is 6.74. The lowest BCUT2D eigenvalue weighted by Crippen LogP contribution is -2.25. The Hall–Kier alpha value is -0.340. The molecule has 1 atom stereocenters. The Balaban J connectivity index is 2.08. The van der Waals surface area contributed by atoms with Crippen molar-refractivity contribution in [3.63, 3.8) is 0 Å². The number of hydrogen-bond acceptors (Lipinski definition) is 1. The van der Waals surface area contributed by atoms with Crippen LogP contribution >= 0.6 is 15.9 Å². The first kappa shape index (κ1) is 13.7. The zero-order valence-electron chi connectivity index (χ0n) is 10.3. The SMILES string of the molecule is CC(Br)CN(C)CCCCc1ccccc1. The Morgan fingerprint density at radius 1 is 1.19 bits per heavy atom. The fourth-order valence-corrected chi connectivity index (χ4v) is 2.37. The van der Waals surface area contributed by atoms with E-state index in [1.54, 1.807) is 0 Å². The van der Waals surface area contributed by atoms with E-state index in [2.05, 4.69) is 65.1 Å². The van der Waals surface area contributed by atoms with Gasteiger partial charge in [-0.1, -0.05) is 53.2 Å². The lowest BCUT2D eigenvalue weighted by atomic mass is 10.1. The summed E-state index contributed by atoms with van der Waals surface area (Å²) in [5, 5.41) is 0. The number of unbranched alkanes of at least 4 members (excludes halogenated alkanes) is 1. The van der Waals surface area contributed by atoms with Gasteiger partial charge in [-0.15, -0.1) is 0 Å². The van der Waals surface area contributed by atoms with Crippen molar-refractivity contribution >= 4 is 15.9 Å². The Labute approximate surface area is 108 Å². The maximum absolute atomic E-state index is 3.58. The normalized spacial score (nSPS) is 13.0. The van der Waals surface area contributed by atoms with Crippen LogP contribution in [0.2, 0.25) is 0 Å². The van der Waals surface area contributed by atoms with Crippen molar-refractivity contribution in [3.05, 3.63) is 35.9 Å². The van der Waals surface area contributed by atoms with Crippen molar-refractivity contribution in [2.75, 3.05) is 20.1 Å². The molecule has 0 aliphatic heterocycles. The summed E-state index contributed by atoms with van der Waals surface area (Å²) in [5.41, 5.74) is 1.46. The number of benzene rings is 1. The van der Waals surface area contributed by atoms with Gasteiger partial charge in [-0.2, -0.15) is 0 Å². The predicted molar refractivity (Wildman–Crippen MR) is 75.3 cm³/mol. The van der Waals surface area contributed by atoms with Gasteiger partial charge in [0.15, 0.2) is 0 Å². The molecule has 0 saturated carbocycles. The van der Waals surface area contributed by atoms with Crippen LogP contribution in [0.1, 0.15) is 25.3 Å². The van der Waals surface area contributed by atoms with Crippen molar-refractivity contribution < 1.29 is 0 Å². The third-order valence-corrected chi connectivity index (χ3v) is 2.95. The summed E-state index contributed by atoms with van der Waals surface area (Å²) in [6.45, 7) is 4.52. The second-order valence-electron chi connectivity index (χ2n) is 4.49. The summed E-state index contributed by atoms with van der Waals surface area (Å²) in [6, 6.07) is 10.7. The van der Waals surface area contributed by atoms with Gasteiger partial charge >= 0.3 is 0 Å². The lowest BCUT2D eigenvalue weighted by molar-refractivity contribution is 0.331. The van der Waals surface area contributed by atoms with Crippen LogP contribution in [-0.2, 0) is 6.42 Å². The van der Waals surface area contributed by atoms with Gasteiger partial charge in [0, 0.05) is 11.4 Å². The highest BCUT2D eigenvalue weighted by Crippen LogP contribution is 2.06. The third kappa shape index (κ3) is 6.29. The average Bonchev–Trinajstić information content (AvgIpc) is 2.25. The molecule has 0 radical (unpaired) electrons. The summed E-state index contributed by atoms with van der Waals surface area (Å²) in [5.74, 6) is 0. The van der Waals surface area contributed by atoms with E-state index in [1.807, 2.05) is 0 Å². The van der Waals surface area contributed by atoms with Crippen LogP contribution in [0.5, 0.6) is 0 Å². The second kappa shape index (κ2) is 7.86. The molecule has 1 aromatic carbocycles. The first-order chi connectivity index (χ1) is 7.68. The zero-order chi connectivity index (χ0) is 11.8. The molecular formula is C14H22BrN. The minimum Gasteiger partial charge on any atom is -0.305 e. The molecule has 1 aromatic rings. The minimum atomic E-state index is 0.589. The van der Waals surface area contributed by atoms with Crippen molar-refractivity contribution in [1.82, 2.24) is 4.90 Å². The molecule has 1 nitrogen and oxygen atoms in total. The van der Waals surface area contributed by atoms with Crippen LogP contribution in [0.15, 0.2) is 30.3 Å². The fraction of sp³-hybridized carbons (Fsp3) is 0.571. The van der Waals surface area contributed by atoms with Gasteiger partial charge in [0.25, 0.3) is 0 Å². The topological polar surface area (TPSA) is 3.24 Å². The molecule has 0 aliphatic carbocycles. The minimum absolute atomic E-state index is 0.589. The number of aryl methyl sites for hydroxylation is 1. The Morgan fingerprint density at radius 2 is 1.88 bits per heavy atom. The molecule has 2 heteroatoms. The predicted octanol–water partition coefficient (Wildman–Crippen LogP) is 3.72. The standard InChI is InChI=1S/C14H22BrN/c1-13(15)12-16(2)11-7-6-10-14-8-4-3-5-9-14/h3-5,8-9,13H,6-7,10-12H2,1-2H3. The summed E-state index contributed by atoms with van der Waals surface area (Å²) in [7, 11) is 2.19. The molecule has 0 bridgehead atoms. The zero-order valence-corrected chi connectivity index (χ0v) is 11.9. The van der Waals surface area contributed by atoms with E-state index in [9.17, 15) is 0 Å². The molecule has 0 fully saturated rings. The highest BCUT2D eigenvalue weighted by Gasteiger charge is 2.02. The average molecular weight is 284 g/mol. The van der Waals surface area contributed by atoms with Crippen LogP contribution in [0.3, 0.4) is 0 Å². The fourth-order valence-electron chi connectivity index (χ4n) is 1.88. The van der Waals surface area contributed by atoms with Crippen molar-refractivity contribution in [2.24, 2.45) is 0 Å². The molecule has 0 heterocycles. The van der Waals surface area contributed by atoms with Crippen LogP contribution in [0.4, 0.5) is 0 Å². The molecule has 0 aromatic heterocycles. The van der Waals surface area contributed by atoms with E-state index in [4.69, 9.17) is 0 Å². The monoisotopic (exact) mass is 283 g/mol. The van der Waals surface area contributed by atoms with E-state index in [-0.39, 0.29) is 0 Å². The molecule has 1 rings (SSSR count). The lowest BCUT2D eigenvalue weighted by Gasteiger charge is -2.17. The molecule has 0 amide bonds. The molecule has 16 heavy (non-hydrogen) atoms. The third-order valence-electron chi connectivity index (χ3n) is 2.66. The molecule has 0 aliphatic rings. The summed E-state index contributed by atoms with van der Waals surface area (Å²) in [6.07, 6.45) is 3.77. The first-order valence-corrected chi connectivity index (χ1v) is 6.96. The number of nitrogens with zero attached hydrogens (tertiary/aromatic N) is 1. The molecule has 1 unspecified atom stereocenters. The van der Waals surface area contributed by atoms with E-state index in [1.165, 1.54) is 31.4 Å². The Bertz CT molecular complexity index is 271. The van der Waals surface area contributed by atoms with E-state index < -0.39 is 0 Å². The van der Waals surface area contributed by atoms with Gasteiger partial charge in [0.2, 0.25) is 0 Å². The molecule has 0 saturated heterocycles. The van der Waals surface area contributed by atoms with Gasteiger partial charge < -0.3 is 4.90 Å². The van der Waals surface area contributed by atoms with Gasteiger partial charge in [-0.05, 0) is 38.4 Å². The van der Waals surface area contributed by atoms with Gasteiger partial charge in [0.1, 0.15) is 0 Å². The van der Waals surface area contributed by atoms with Crippen LogP contribution in [-0.4, -0.2) is 29.9 Å². The largest absolute Gasteiger partial charge is 0.305 e. The number of halogens is 1. The smallest absolute Gasteiger partial charge is 0.0244 e. The van der Waals surface area contributed by atoms with Crippen LogP contribution in [0, 0.1) is 0 Å². The van der Waals surface area contributed by atoms with Crippen LogP contribution < -0.4 is 0 Å². The summed E-state index contributed by atoms with van der Waals surface area (Å²) < 4.78 is 0. The van der Waals surface area contributed by atoms with Gasteiger partial charge in [-0.25, -0.2) is 0 Å². The maximum Gasteiger partial charge on any atom is 0.0244 e. The van der Waals surface area contributed by atoms with Crippen molar-refractivity contribution in [1.29, 1.82) is 0 Å². The molecule has 0 N–H and O–H groups in total. The van der Waals surface area contributed by atoms with Crippen LogP contribution in [0.25, 0.3) is 0 Å². The highest BCUT2D eigenvalue weighted by atomic mass is 79.9.